The first-order valence-electron chi connectivity index (χ1n) is 11.6. The van der Waals surface area contributed by atoms with E-state index in [0.717, 1.165) is 10.9 Å². The van der Waals surface area contributed by atoms with E-state index < -0.39 is 11.8 Å². The molecule has 3 N–H and O–H groups in total. The van der Waals surface area contributed by atoms with Gasteiger partial charge in [0, 0.05) is 49.1 Å². The fourth-order valence-electron chi connectivity index (χ4n) is 5.70. The molecule has 1 saturated heterocycles. The second-order valence-corrected chi connectivity index (χ2v) is 9.56. The second kappa shape index (κ2) is 7.83. The Morgan fingerprint density at radius 2 is 1.94 bits per heavy atom. The lowest BCUT2D eigenvalue weighted by Gasteiger charge is -2.36. The van der Waals surface area contributed by atoms with Crippen LogP contribution in [0.25, 0.3) is 33.1 Å². The number of carbonyl (C=O) groups excluding carboxylic acids is 1. The zero-order valence-corrected chi connectivity index (χ0v) is 18.8. The van der Waals surface area contributed by atoms with Gasteiger partial charge in [-0.3, -0.25) is 14.6 Å². The molecule has 1 amide bonds. The molecule has 4 heterocycles. The van der Waals surface area contributed by atoms with Gasteiger partial charge >= 0.3 is 0 Å². The number of fused-ring (bicyclic) bond motifs is 3. The molecule has 1 aliphatic heterocycles. The van der Waals surface area contributed by atoms with Gasteiger partial charge < -0.3 is 15.6 Å². The van der Waals surface area contributed by atoms with E-state index in [9.17, 15) is 18.4 Å². The Kier molecular flexibility index (Phi) is 4.84. The largest absolute Gasteiger partial charge is 0.364 e. The van der Waals surface area contributed by atoms with E-state index in [1.165, 1.54) is 12.3 Å². The first-order valence-corrected chi connectivity index (χ1v) is 11.6. The number of primary amides is 1. The summed E-state index contributed by atoms with van der Waals surface area (Å²) in [5, 5.41) is 1.02. The van der Waals surface area contributed by atoms with Crippen LogP contribution in [0.4, 0.5) is 14.6 Å². The Balaban J connectivity index is 1.51. The zero-order chi connectivity index (χ0) is 24.3. The van der Waals surface area contributed by atoms with Crippen molar-refractivity contribution in [2.75, 3.05) is 18.0 Å². The first kappa shape index (κ1) is 21.6. The fraction of sp³-hybridized carbons (Fsp3) is 0.308. The SMILES string of the molecule is NC(=O)c1nccc2[nH]c(-c3cc4ccccc4nc3N3CCC4CC(F)(F)C[C@@H]4C3)cc(=O)c12. The van der Waals surface area contributed by atoms with Crippen LogP contribution in [-0.2, 0) is 0 Å². The third-order valence-electron chi connectivity index (χ3n) is 7.28. The number of alkyl halides is 2. The van der Waals surface area contributed by atoms with Gasteiger partial charge in [0.1, 0.15) is 11.5 Å². The smallest absolute Gasteiger partial charge is 0.268 e. The maximum Gasteiger partial charge on any atom is 0.268 e. The van der Waals surface area contributed by atoms with E-state index in [1.54, 1.807) is 6.07 Å². The molecular weight excluding hydrogens is 452 g/mol. The van der Waals surface area contributed by atoms with Gasteiger partial charge in [-0.05, 0) is 36.5 Å². The highest BCUT2D eigenvalue weighted by Crippen LogP contribution is 2.48. The number of anilines is 1. The van der Waals surface area contributed by atoms with Gasteiger partial charge in [-0.25, -0.2) is 13.8 Å². The van der Waals surface area contributed by atoms with Gasteiger partial charge in [0.15, 0.2) is 5.43 Å². The number of halogens is 2. The van der Waals surface area contributed by atoms with E-state index in [0.29, 0.717) is 42.1 Å². The molecule has 4 aromatic rings. The Labute approximate surface area is 199 Å². The summed E-state index contributed by atoms with van der Waals surface area (Å²) >= 11 is 0. The van der Waals surface area contributed by atoms with E-state index in [4.69, 9.17) is 10.7 Å². The van der Waals surface area contributed by atoms with Gasteiger partial charge in [-0.1, -0.05) is 18.2 Å². The molecule has 1 unspecified atom stereocenters. The molecule has 2 fully saturated rings. The predicted molar refractivity (Wildman–Crippen MR) is 130 cm³/mol. The highest BCUT2D eigenvalue weighted by Gasteiger charge is 2.48. The number of aromatic nitrogens is 3. The number of piperidine rings is 1. The number of aromatic amines is 1. The number of hydrogen-bond acceptors (Lipinski definition) is 5. The molecule has 178 valence electrons. The summed E-state index contributed by atoms with van der Waals surface area (Å²) in [5.74, 6) is -2.82. The van der Waals surface area contributed by atoms with Crippen molar-refractivity contribution in [3.8, 4) is 11.3 Å². The molecule has 0 radical (unpaired) electrons. The number of para-hydroxylation sites is 1. The lowest BCUT2D eigenvalue weighted by molar-refractivity contribution is 0.00300. The third-order valence-corrected chi connectivity index (χ3v) is 7.28. The van der Waals surface area contributed by atoms with Crippen LogP contribution in [0.2, 0.25) is 0 Å². The quantitative estimate of drug-likeness (QED) is 0.464. The molecule has 1 aliphatic carbocycles. The standard InChI is InChI=1S/C26H23F2N5O2/c27-26(28)11-15-6-8-33(13-16(15)12-26)25-17(9-14-3-1-2-4-18(14)32-25)20-10-21(34)22-19(31-20)5-7-30-23(22)24(29)35/h1-5,7,9-10,15-16H,6,8,11-13H2,(H2,29,35)(H,31,34)/t15?,16-/m1/s1. The van der Waals surface area contributed by atoms with E-state index in [1.807, 2.05) is 30.3 Å². The van der Waals surface area contributed by atoms with Crippen LogP contribution >= 0.6 is 0 Å². The molecular formula is C26H23F2N5O2. The van der Waals surface area contributed by atoms with Crippen LogP contribution in [0.3, 0.4) is 0 Å². The van der Waals surface area contributed by atoms with E-state index in [2.05, 4.69) is 14.9 Å². The first-order chi connectivity index (χ1) is 16.8. The van der Waals surface area contributed by atoms with Crippen LogP contribution < -0.4 is 16.1 Å². The Bertz CT molecular complexity index is 1550. The molecule has 35 heavy (non-hydrogen) atoms. The predicted octanol–water partition coefficient (Wildman–Crippen LogP) is 4.11. The van der Waals surface area contributed by atoms with Crippen molar-refractivity contribution in [1.82, 2.24) is 15.0 Å². The molecule has 6 rings (SSSR count). The summed E-state index contributed by atoms with van der Waals surface area (Å²) < 4.78 is 28.2. The normalized spacial score (nSPS) is 21.4. The molecule has 0 bridgehead atoms. The van der Waals surface area contributed by atoms with Gasteiger partial charge in [-0.15, -0.1) is 0 Å². The fourth-order valence-corrected chi connectivity index (χ4v) is 5.70. The van der Waals surface area contributed by atoms with Crippen LogP contribution in [0, 0.1) is 11.8 Å². The Morgan fingerprint density at radius 1 is 1.14 bits per heavy atom. The number of rotatable bonds is 3. The molecule has 7 nitrogen and oxygen atoms in total. The maximum absolute atomic E-state index is 14.1. The highest BCUT2D eigenvalue weighted by molar-refractivity contribution is 6.04. The minimum Gasteiger partial charge on any atom is -0.364 e. The van der Waals surface area contributed by atoms with E-state index in [-0.39, 0.29) is 41.2 Å². The summed E-state index contributed by atoms with van der Waals surface area (Å²) in [7, 11) is 0. The van der Waals surface area contributed by atoms with Crippen molar-refractivity contribution in [2.45, 2.75) is 25.2 Å². The number of nitrogens with one attached hydrogen (secondary N) is 1. The third kappa shape index (κ3) is 3.71. The number of pyridine rings is 3. The summed E-state index contributed by atoms with van der Waals surface area (Å²) in [5.41, 5.74) is 7.39. The number of nitrogens with two attached hydrogens (primary N) is 1. The lowest BCUT2D eigenvalue weighted by Crippen LogP contribution is -2.39. The second-order valence-electron chi connectivity index (χ2n) is 9.56. The number of benzene rings is 1. The Morgan fingerprint density at radius 3 is 2.77 bits per heavy atom. The molecule has 0 spiro atoms. The summed E-state index contributed by atoms with van der Waals surface area (Å²) in [6.45, 7) is 1.11. The summed E-state index contributed by atoms with van der Waals surface area (Å²) in [4.78, 5) is 39.1. The number of H-pyrrole nitrogens is 1. The number of amides is 1. The minimum atomic E-state index is -2.61. The van der Waals surface area contributed by atoms with Crippen molar-refractivity contribution in [1.29, 1.82) is 0 Å². The average Bonchev–Trinajstić information content (AvgIpc) is 3.15. The van der Waals surface area contributed by atoms with E-state index >= 15 is 0 Å². The van der Waals surface area contributed by atoms with Crippen molar-refractivity contribution in [3.63, 3.8) is 0 Å². The van der Waals surface area contributed by atoms with Crippen molar-refractivity contribution in [2.24, 2.45) is 17.6 Å². The highest BCUT2D eigenvalue weighted by atomic mass is 19.3. The summed E-state index contributed by atoms with van der Waals surface area (Å²) in [6.07, 6.45) is 1.95. The average molecular weight is 475 g/mol. The topological polar surface area (TPSA) is 105 Å². The van der Waals surface area contributed by atoms with Crippen LogP contribution in [0.15, 0.2) is 53.5 Å². The van der Waals surface area contributed by atoms with Gasteiger partial charge in [0.25, 0.3) is 5.91 Å². The van der Waals surface area contributed by atoms with Gasteiger partial charge in [0.05, 0.1) is 22.1 Å². The molecule has 2 aliphatic rings. The monoisotopic (exact) mass is 475 g/mol. The summed E-state index contributed by atoms with van der Waals surface area (Å²) in [6, 6.07) is 12.7. The molecule has 9 heteroatoms. The lowest BCUT2D eigenvalue weighted by atomic mass is 9.88. The van der Waals surface area contributed by atoms with Gasteiger partial charge in [-0.2, -0.15) is 0 Å². The minimum absolute atomic E-state index is 0.0188. The molecule has 3 aromatic heterocycles. The van der Waals surface area contributed by atoms with Crippen LogP contribution in [0.5, 0.6) is 0 Å². The van der Waals surface area contributed by atoms with Crippen molar-refractivity contribution in [3.05, 3.63) is 64.6 Å². The maximum atomic E-state index is 14.1. The van der Waals surface area contributed by atoms with Gasteiger partial charge in [0.2, 0.25) is 5.92 Å². The zero-order valence-electron chi connectivity index (χ0n) is 18.8. The molecule has 1 saturated carbocycles. The number of carbonyl (C=O) groups is 1. The van der Waals surface area contributed by atoms with Crippen molar-refractivity contribution >= 4 is 33.5 Å². The Hall–Kier alpha value is -3.88. The van der Waals surface area contributed by atoms with Crippen LogP contribution in [-0.4, -0.2) is 39.9 Å². The van der Waals surface area contributed by atoms with Crippen molar-refractivity contribution < 1.29 is 13.6 Å². The molecule has 1 aromatic carbocycles. The molecule has 2 atom stereocenters. The number of hydrogen-bond donors (Lipinski definition) is 2. The number of nitrogens with zero attached hydrogens (tertiary/aromatic N) is 3. The van der Waals surface area contributed by atoms with Crippen LogP contribution in [0.1, 0.15) is 29.8 Å².